The summed E-state index contributed by atoms with van der Waals surface area (Å²) in [5, 5.41) is 10.9. The van der Waals surface area contributed by atoms with E-state index in [-0.39, 0.29) is 11.7 Å². The van der Waals surface area contributed by atoms with Crippen molar-refractivity contribution >= 4 is 40.5 Å². The standard InChI is InChI=1S/C8H16NO4PS2/c1-4-13-14(3,15)16-5-7(10)9-6(2)8(11)12/h6H,4-5H2,1-3H3,(H,9,10)(H,11,12)/t6-,14+/m0/s1. The van der Waals surface area contributed by atoms with Gasteiger partial charge in [-0.25, -0.2) is 0 Å². The summed E-state index contributed by atoms with van der Waals surface area (Å²) in [6, 6.07) is -0.880. The summed E-state index contributed by atoms with van der Waals surface area (Å²) in [5.41, 5.74) is -1.97. The molecule has 8 heteroatoms. The Balaban J connectivity index is 3.99. The number of nitrogens with one attached hydrogen (secondary N) is 1. The first kappa shape index (κ1) is 15.9. The van der Waals surface area contributed by atoms with Crippen molar-refractivity contribution in [2.45, 2.75) is 19.9 Å². The molecule has 0 aromatic heterocycles. The number of carbonyl (C=O) groups excluding carboxylic acids is 1. The summed E-state index contributed by atoms with van der Waals surface area (Å²) in [6.07, 6.45) is 0. The van der Waals surface area contributed by atoms with E-state index in [0.717, 1.165) is 0 Å². The van der Waals surface area contributed by atoms with Crippen LogP contribution >= 0.6 is 16.8 Å². The fourth-order valence-electron chi connectivity index (χ4n) is 0.793. The van der Waals surface area contributed by atoms with Crippen LogP contribution in [0.4, 0.5) is 0 Å². The van der Waals surface area contributed by atoms with Gasteiger partial charge < -0.3 is 14.9 Å². The Morgan fingerprint density at radius 1 is 1.62 bits per heavy atom. The number of amides is 1. The molecule has 0 radical (unpaired) electrons. The SMILES string of the molecule is CCO[P@](C)(=S)SCC(=O)N[C@@H](C)C(=O)O. The molecule has 0 rings (SSSR count). The highest BCUT2D eigenvalue weighted by molar-refractivity contribution is 8.69. The smallest absolute Gasteiger partial charge is 0.325 e. The first-order valence-electron chi connectivity index (χ1n) is 4.67. The molecule has 1 amide bonds. The average molecular weight is 285 g/mol. The molecule has 0 aliphatic carbocycles. The molecule has 0 aliphatic rings. The van der Waals surface area contributed by atoms with Crippen LogP contribution in [-0.2, 0) is 25.9 Å². The minimum atomic E-state index is -1.97. The van der Waals surface area contributed by atoms with E-state index in [1.54, 1.807) is 6.66 Å². The molecule has 5 nitrogen and oxygen atoms in total. The van der Waals surface area contributed by atoms with Gasteiger partial charge in [-0.15, -0.1) is 0 Å². The lowest BCUT2D eigenvalue weighted by molar-refractivity contribution is -0.140. The summed E-state index contributed by atoms with van der Waals surface area (Å²) in [7, 11) is 0. The Hall–Kier alpha value is -0.100. The molecule has 2 atom stereocenters. The molecule has 0 heterocycles. The zero-order chi connectivity index (χ0) is 12.8. The number of carbonyl (C=O) groups is 2. The average Bonchev–Trinajstić information content (AvgIpc) is 2.14. The molecule has 0 bridgehead atoms. The van der Waals surface area contributed by atoms with Crippen molar-refractivity contribution in [2.24, 2.45) is 0 Å². The first-order valence-corrected chi connectivity index (χ1v) is 9.43. The topological polar surface area (TPSA) is 75.6 Å². The van der Waals surface area contributed by atoms with Gasteiger partial charge in [-0.2, -0.15) is 0 Å². The fraction of sp³-hybridized carbons (Fsp3) is 0.750. The number of carboxylic acid groups (broad SMARTS) is 1. The summed E-state index contributed by atoms with van der Waals surface area (Å²) in [6.45, 7) is 5.57. The van der Waals surface area contributed by atoms with Crippen molar-refractivity contribution in [3.63, 3.8) is 0 Å². The minimum Gasteiger partial charge on any atom is -0.480 e. The number of hydrogen-bond acceptors (Lipinski definition) is 5. The molecule has 0 aromatic rings. The predicted octanol–water partition coefficient (Wildman–Crippen LogP) is 1.28. The zero-order valence-electron chi connectivity index (χ0n) is 9.43. The molecule has 0 fully saturated rings. The Morgan fingerprint density at radius 2 is 2.19 bits per heavy atom. The van der Waals surface area contributed by atoms with Crippen molar-refractivity contribution in [1.82, 2.24) is 5.32 Å². The Bertz CT molecular complexity index is 310. The van der Waals surface area contributed by atoms with Gasteiger partial charge in [0.15, 0.2) is 0 Å². The van der Waals surface area contributed by atoms with Crippen LogP contribution in [0.1, 0.15) is 13.8 Å². The van der Waals surface area contributed by atoms with Crippen LogP contribution < -0.4 is 5.32 Å². The van der Waals surface area contributed by atoms with E-state index in [0.29, 0.717) is 6.61 Å². The van der Waals surface area contributed by atoms with E-state index in [4.69, 9.17) is 21.4 Å². The largest absolute Gasteiger partial charge is 0.480 e. The Kier molecular flexibility index (Phi) is 7.22. The molecule has 0 unspecified atom stereocenters. The lowest BCUT2D eigenvalue weighted by atomic mass is 10.3. The van der Waals surface area contributed by atoms with Gasteiger partial charge in [-0.1, -0.05) is 23.2 Å². The highest BCUT2D eigenvalue weighted by Gasteiger charge is 2.17. The molecule has 0 saturated heterocycles. The summed E-state index contributed by atoms with van der Waals surface area (Å²) in [5.74, 6) is -1.26. The highest BCUT2D eigenvalue weighted by atomic mass is 32.9. The van der Waals surface area contributed by atoms with E-state index in [2.05, 4.69) is 5.32 Å². The van der Waals surface area contributed by atoms with Crippen LogP contribution in [0.2, 0.25) is 0 Å². The molecule has 0 spiro atoms. The van der Waals surface area contributed by atoms with Crippen molar-refractivity contribution in [3.8, 4) is 0 Å². The van der Waals surface area contributed by atoms with Crippen LogP contribution in [0, 0.1) is 0 Å². The molecule has 94 valence electrons. The second kappa shape index (κ2) is 7.27. The molecular weight excluding hydrogens is 269 g/mol. The Labute approximate surface area is 104 Å². The maximum atomic E-state index is 11.3. The third kappa shape index (κ3) is 7.22. The maximum Gasteiger partial charge on any atom is 0.325 e. The van der Waals surface area contributed by atoms with E-state index in [9.17, 15) is 9.59 Å². The van der Waals surface area contributed by atoms with Crippen molar-refractivity contribution in [1.29, 1.82) is 0 Å². The quantitative estimate of drug-likeness (QED) is 0.686. The van der Waals surface area contributed by atoms with Gasteiger partial charge in [0.1, 0.15) is 11.5 Å². The number of rotatable bonds is 7. The predicted molar refractivity (Wildman–Crippen MR) is 69.5 cm³/mol. The Morgan fingerprint density at radius 3 is 2.62 bits per heavy atom. The van der Waals surface area contributed by atoms with Crippen LogP contribution in [-0.4, -0.2) is 42.0 Å². The molecule has 16 heavy (non-hydrogen) atoms. The molecular formula is C8H16NO4PS2. The normalized spacial score (nSPS) is 16.2. The monoisotopic (exact) mass is 285 g/mol. The van der Waals surface area contributed by atoms with Crippen LogP contribution in [0.25, 0.3) is 0 Å². The van der Waals surface area contributed by atoms with E-state index in [1.165, 1.54) is 18.3 Å². The van der Waals surface area contributed by atoms with Crippen molar-refractivity contribution < 1.29 is 19.2 Å². The number of hydrogen-bond donors (Lipinski definition) is 2. The van der Waals surface area contributed by atoms with Gasteiger partial charge in [0.05, 0.1) is 5.75 Å². The molecule has 0 saturated carbocycles. The second-order valence-corrected chi connectivity index (χ2v) is 11.1. The number of carboxylic acids is 1. The van der Waals surface area contributed by atoms with Crippen molar-refractivity contribution in [2.75, 3.05) is 19.0 Å². The van der Waals surface area contributed by atoms with Gasteiger partial charge in [0.2, 0.25) is 5.91 Å². The third-order valence-electron chi connectivity index (χ3n) is 1.54. The van der Waals surface area contributed by atoms with Gasteiger partial charge in [-0.05, 0) is 20.5 Å². The van der Waals surface area contributed by atoms with E-state index < -0.39 is 17.5 Å². The highest BCUT2D eigenvalue weighted by Crippen LogP contribution is 2.56. The lowest BCUT2D eigenvalue weighted by Crippen LogP contribution is -2.39. The van der Waals surface area contributed by atoms with E-state index >= 15 is 0 Å². The van der Waals surface area contributed by atoms with Gasteiger partial charge in [-0.3, -0.25) is 9.59 Å². The van der Waals surface area contributed by atoms with Crippen LogP contribution in [0.15, 0.2) is 0 Å². The lowest BCUT2D eigenvalue weighted by Gasteiger charge is -2.15. The summed E-state index contributed by atoms with van der Waals surface area (Å²) >= 11 is 6.45. The van der Waals surface area contributed by atoms with Gasteiger partial charge >= 0.3 is 5.97 Å². The third-order valence-corrected chi connectivity index (χ3v) is 6.50. The zero-order valence-corrected chi connectivity index (χ0v) is 12.0. The number of aliphatic carboxylic acids is 1. The van der Waals surface area contributed by atoms with E-state index in [1.807, 2.05) is 6.92 Å². The minimum absolute atomic E-state index is 0.130. The molecule has 0 aliphatic heterocycles. The van der Waals surface area contributed by atoms with Crippen molar-refractivity contribution in [3.05, 3.63) is 0 Å². The second-order valence-electron chi connectivity index (χ2n) is 3.09. The summed E-state index contributed by atoms with van der Waals surface area (Å²) < 4.78 is 5.32. The van der Waals surface area contributed by atoms with Crippen LogP contribution in [0.3, 0.4) is 0 Å². The van der Waals surface area contributed by atoms with Crippen LogP contribution in [0.5, 0.6) is 0 Å². The first-order chi connectivity index (χ1) is 7.28. The summed E-state index contributed by atoms with van der Waals surface area (Å²) in [4.78, 5) is 21.8. The molecule has 2 N–H and O–H groups in total. The molecule has 0 aromatic carbocycles. The maximum absolute atomic E-state index is 11.3. The van der Waals surface area contributed by atoms with Gasteiger partial charge in [0, 0.05) is 6.61 Å². The van der Waals surface area contributed by atoms with Gasteiger partial charge in [0.25, 0.3) is 0 Å². The fourth-order valence-corrected chi connectivity index (χ4v) is 4.16.